The molecule has 2 aromatic carbocycles. The van der Waals surface area contributed by atoms with Crippen LogP contribution < -0.4 is 15.6 Å². The Balaban J connectivity index is 1.55. The number of ether oxygens (including phenoxy) is 2. The number of nitrogens with zero attached hydrogens (tertiary/aromatic N) is 2. The number of nitrogens with one attached hydrogen (secondary N) is 2. The van der Waals surface area contributed by atoms with Crippen molar-refractivity contribution >= 4 is 27.7 Å². The second-order valence-electron chi connectivity index (χ2n) is 7.13. The van der Waals surface area contributed by atoms with Gasteiger partial charge in [-0.05, 0) is 42.3 Å². The molecule has 2 aromatic heterocycles. The molecular formula is C23H24N4O4. The average molecular weight is 420 g/mol. The summed E-state index contributed by atoms with van der Waals surface area (Å²) in [5.74, 6) is 0.470. The van der Waals surface area contributed by atoms with Crippen LogP contribution in [-0.4, -0.2) is 47.8 Å². The summed E-state index contributed by atoms with van der Waals surface area (Å²) in [6, 6.07) is 12.8. The fraction of sp³-hybridized carbons (Fsp3) is 0.261. The molecule has 0 unspecified atom stereocenters. The summed E-state index contributed by atoms with van der Waals surface area (Å²) in [7, 11) is 3.18. The van der Waals surface area contributed by atoms with E-state index in [0.717, 1.165) is 22.2 Å². The van der Waals surface area contributed by atoms with Crippen molar-refractivity contribution in [3.63, 3.8) is 0 Å². The predicted molar refractivity (Wildman–Crippen MR) is 119 cm³/mol. The number of amides is 1. The molecule has 0 saturated heterocycles. The molecule has 8 nitrogen and oxygen atoms in total. The lowest BCUT2D eigenvalue weighted by molar-refractivity contribution is 0.0934. The van der Waals surface area contributed by atoms with Gasteiger partial charge in [-0.25, -0.2) is 4.98 Å². The second-order valence-corrected chi connectivity index (χ2v) is 7.13. The van der Waals surface area contributed by atoms with Gasteiger partial charge in [0.25, 0.3) is 11.5 Å². The zero-order chi connectivity index (χ0) is 21.8. The first kappa shape index (κ1) is 20.6. The van der Waals surface area contributed by atoms with Gasteiger partial charge in [0.1, 0.15) is 5.75 Å². The highest BCUT2D eigenvalue weighted by molar-refractivity contribution is 5.93. The van der Waals surface area contributed by atoms with Crippen molar-refractivity contribution in [1.29, 1.82) is 0 Å². The molecule has 160 valence electrons. The van der Waals surface area contributed by atoms with Crippen LogP contribution in [0.1, 0.15) is 16.2 Å². The number of methoxy groups -OCH3 is 2. The average Bonchev–Trinajstić information content (AvgIpc) is 3.20. The standard InChI is InChI=1S/C23H24N4O4/c1-30-12-11-27-21(26-20-6-4-3-5-17(20)23(27)29)22(28)24-10-9-15-14-25-19-8-7-16(31-2)13-18(15)19/h3-8,13-14,25H,9-12H2,1-2H3,(H,24,28). The van der Waals surface area contributed by atoms with E-state index in [4.69, 9.17) is 9.47 Å². The molecule has 0 aliphatic heterocycles. The number of aromatic nitrogens is 3. The Kier molecular flexibility index (Phi) is 5.99. The molecular weight excluding hydrogens is 396 g/mol. The highest BCUT2D eigenvalue weighted by Gasteiger charge is 2.17. The van der Waals surface area contributed by atoms with Gasteiger partial charge >= 0.3 is 0 Å². The van der Waals surface area contributed by atoms with Crippen LogP contribution in [0, 0.1) is 0 Å². The van der Waals surface area contributed by atoms with E-state index in [-0.39, 0.29) is 17.9 Å². The van der Waals surface area contributed by atoms with E-state index in [1.165, 1.54) is 4.57 Å². The molecule has 8 heteroatoms. The van der Waals surface area contributed by atoms with Crippen molar-refractivity contribution in [3.8, 4) is 5.75 Å². The zero-order valence-electron chi connectivity index (χ0n) is 17.5. The minimum absolute atomic E-state index is 0.0846. The van der Waals surface area contributed by atoms with Crippen molar-refractivity contribution < 1.29 is 14.3 Å². The number of hydrogen-bond acceptors (Lipinski definition) is 5. The smallest absolute Gasteiger partial charge is 0.287 e. The maximum absolute atomic E-state index is 12.9. The SMILES string of the molecule is COCCn1c(C(=O)NCCc2c[nH]c3ccc(OC)cc23)nc2ccccc2c1=O. The second kappa shape index (κ2) is 9.01. The van der Waals surface area contributed by atoms with Crippen LogP contribution in [0.2, 0.25) is 0 Å². The van der Waals surface area contributed by atoms with Gasteiger partial charge < -0.3 is 19.8 Å². The summed E-state index contributed by atoms with van der Waals surface area (Å²) in [6.45, 7) is 0.950. The Morgan fingerprint density at radius 1 is 1.16 bits per heavy atom. The van der Waals surface area contributed by atoms with Gasteiger partial charge in [-0.2, -0.15) is 0 Å². The Hall–Kier alpha value is -3.65. The van der Waals surface area contributed by atoms with Crippen LogP contribution >= 0.6 is 0 Å². The minimum atomic E-state index is -0.392. The van der Waals surface area contributed by atoms with Crippen LogP contribution in [0.5, 0.6) is 5.75 Å². The third-order valence-electron chi connectivity index (χ3n) is 5.24. The Morgan fingerprint density at radius 2 is 2.00 bits per heavy atom. The first-order valence-corrected chi connectivity index (χ1v) is 10.0. The van der Waals surface area contributed by atoms with Crippen molar-refractivity contribution in [2.24, 2.45) is 0 Å². The largest absolute Gasteiger partial charge is 0.497 e. The molecule has 0 bridgehead atoms. The van der Waals surface area contributed by atoms with Crippen LogP contribution in [0.15, 0.2) is 53.5 Å². The van der Waals surface area contributed by atoms with Crippen LogP contribution in [0.4, 0.5) is 0 Å². The molecule has 2 N–H and O–H groups in total. The summed E-state index contributed by atoms with van der Waals surface area (Å²) < 4.78 is 11.8. The summed E-state index contributed by atoms with van der Waals surface area (Å²) >= 11 is 0. The third-order valence-corrected chi connectivity index (χ3v) is 5.24. The molecule has 0 atom stereocenters. The van der Waals surface area contributed by atoms with Gasteiger partial charge in [-0.3, -0.25) is 14.2 Å². The summed E-state index contributed by atoms with van der Waals surface area (Å²) in [6.07, 6.45) is 2.55. The highest BCUT2D eigenvalue weighted by Crippen LogP contribution is 2.23. The van der Waals surface area contributed by atoms with Crippen molar-refractivity contribution in [1.82, 2.24) is 19.9 Å². The molecule has 0 saturated carbocycles. The lowest BCUT2D eigenvalue weighted by Gasteiger charge is -2.13. The number of para-hydroxylation sites is 1. The van der Waals surface area contributed by atoms with Crippen LogP contribution in [-0.2, 0) is 17.7 Å². The van der Waals surface area contributed by atoms with Gasteiger partial charge in [0.15, 0.2) is 0 Å². The number of fused-ring (bicyclic) bond motifs is 2. The maximum atomic E-state index is 12.9. The number of benzene rings is 2. The van der Waals surface area contributed by atoms with E-state index >= 15 is 0 Å². The minimum Gasteiger partial charge on any atom is -0.497 e. The number of aromatic amines is 1. The molecule has 0 radical (unpaired) electrons. The predicted octanol–water partition coefficient (Wildman–Crippen LogP) is 2.51. The quantitative estimate of drug-likeness (QED) is 0.456. The van der Waals surface area contributed by atoms with Gasteiger partial charge in [-0.15, -0.1) is 0 Å². The molecule has 2 heterocycles. The molecule has 0 aliphatic rings. The number of rotatable bonds is 8. The van der Waals surface area contributed by atoms with E-state index < -0.39 is 5.91 Å². The Bertz CT molecular complexity index is 1290. The monoisotopic (exact) mass is 420 g/mol. The molecule has 1 amide bonds. The summed E-state index contributed by atoms with van der Waals surface area (Å²) in [4.78, 5) is 33.5. The Labute approximate surface area is 178 Å². The van der Waals surface area contributed by atoms with Gasteiger partial charge in [0, 0.05) is 30.8 Å². The highest BCUT2D eigenvalue weighted by atomic mass is 16.5. The van der Waals surface area contributed by atoms with Gasteiger partial charge in [-0.1, -0.05) is 12.1 Å². The van der Waals surface area contributed by atoms with E-state index in [2.05, 4.69) is 15.3 Å². The number of H-pyrrole nitrogens is 1. The maximum Gasteiger partial charge on any atom is 0.287 e. The van der Waals surface area contributed by atoms with E-state index in [1.54, 1.807) is 38.5 Å². The molecule has 4 rings (SSSR count). The third kappa shape index (κ3) is 4.15. The van der Waals surface area contributed by atoms with E-state index in [1.807, 2.05) is 24.4 Å². The first-order chi connectivity index (χ1) is 15.1. The van der Waals surface area contributed by atoms with Crippen molar-refractivity contribution in [2.75, 3.05) is 27.4 Å². The summed E-state index contributed by atoms with van der Waals surface area (Å²) in [5, 5.41) is 4.42. The van der Waals surface area contributed by atoms with Crippen molar-refractivity contribution in [2.45, 2.75) is 13.0 Å². The summed E-state index contributed by atoms with van der Waals surface area (Å²) in [5.41, 5.74) is 2.32. The fourth-order valence-electron chi connectivity index (χ4n) is 3.61. The van der Waals surface area contributed by atoms with Crippen LogP contribution in [0.25, 0.3) is 21.8 Å². The van der Waals surface area contributed by atoms with Crippen LogP contribution in [0.3, 0.4) is 0 Å². The van der Waals surface area contributed by atoms with E-state index in [9.17, 15) is 9.59 Å². The fourth-order valence-corrected chi connectivity index (χ4v) is 3.61. The molecule has 31 heavy (non-hydrogen) atoms. The van der Waals surface area contributed by atoms with E-state index in [0.29, 0.717) is 30.5 Å². The number of hydrogen-bond donors (Lipinski definition) is 2. The normalized spacial score (nSPS) is 11.2. The number of carbonyl (C=O) groups is 1. The van der Waals surface area contributed by atoms with Gasteiger partial charge in [0.05, 0.1) is 31.2 Å². The molecule has 0 aliphatic carbocycles. The first-order valence-electron chi connectivity index (χ1n) is 10.0. The Morgan fingerprint density at radius 3 is 2.81 bits per heavy atom. The molecule has 4 aromatic rings. The lowest BCUT2D eigenvalue weighted by atomic mass is 10.1. The van der Waals surface area contributed by atoms with Crippen molar-refractivity contribution in [3.05, 3.63) is 70.4 Å². The lowest BCUT2D eigenvalue weighted by Crippen LogP contribution is -2.35. The molecule has 0 spiro atoms. The van der Waals surface area contributed by atoms with Gasteiger partial charge in [0.2, 0.25) is 5.82 Å². The zero-order valence-corrected chi connectivity index (χ0v) is 17.5. The number of carbonyl (C=O) groups excluding carboxylic acids is 1. The molecule has 0 fully saturated rings. The topological polar surface area (TPSA) is 98.2 Å².